The Morgan fingerprint density at radius 2 is 1.74 bits per heavy atom. The second-order valence-electron chi connectivity index (χ2n) is 6.77. The molecule has 3 aromatic rings. The molecule has 0 aliphatic carbocycles. The van der Waals surface area contributed by atoms with Gasteiger partial charge in [0.05, 0.1) is 11.3 Å². The molecule has 1 N–H and O–H groups in total. The van der Waals surface area contributed by atoms with Crippen LogP contribution in [0.4, 0.5) is 5.69 Å². The predicted molar refractivity (Wildman–Crippen MR) is 118 cm³/mol. The zero-order valence-corrected chi connectivity index (χ0v) is 17.1. The summed E-state index contributed by atoms with van der Waals surface area (Å²) in [6.45, 7) is 0. The minimum Gasteiger partial charge on any atom is -0.478 e. The van der Waals surface area contributed by atoms with Crippen LogP contribution < -0.4 is 4.90 Å². The van der Waals surface area contributed by atoms with E-state index in [-0.39, 0.29) is 22.0 Å². The molecule has 1 fully saturated rings. The quantitative estimate of drug-likeness (QED) is 0.383. The lowest BCUT2D eigenvalue weighted by atomic mass is 10.1. The molecule has 2 aromatic carbocycles. The fourth-order valence-corrected chi connectivity index (χ4v) is 3.45. The third kappa shape index (κ3) is 3.76. The van der Waals surface area contributed by atoms with E-state index in [0.717, 1.165) is 0 Å². The standard InChI is InChI=1S/C23H16N2O5S/c1-24-20(26)18(21(27)25(23(24)31)16-8-3-2-4-9-16)13-17-10-11-19(30-17)14-6-5-7-15(12-14)22(28)29/h2-13H,1H3,(H,28,29). The van der Waals surface area contributed by atoms with Crippen molar-refractivity contribution in [2.75, 3.05) is 11.9 Å². The van der Waals surface area contributed by atoms with Gasteiger partial charge < -0.3 is 9.52 Å². The second-order valence-corrected chi connectivity index (χ2v) is 7.13. The van der Waals surface area contributed by atoms with Gasteiger partial charge in [0.15, 0.2) is 5.11 Å². The Balaban J connectivity index is 1.70. The Morgan fingerprint density at radius 1 is 1.00 bits per heavy atom. The average molecular weight is 432 g/mol. The Kier molecular flexibility index (Phi) is 5.22. The first-order chi connectivity index (χ1) is 14.9. The molecule has 1 aliphatic rings. The number of carboxylic acid groups (broad SMARTS) is 1. The van der Waals surface area contributed by atoms with E-state index in [1.165, 1.54) is 35.1 Å². The van der Waals surface area contributed by atoms with Crippen molar-refractivity contribution in [3.8, 4) is 11.3 Å². The highest BCUT2D eigenvalue weighted by molar-refractivity contribution is 7.80. The summed E-state index contributed by atoms with van der Waals surface area (Å²) >= 11 is 5.32. The van der Waals surface area contributed by atoms with Gasteiger partial charge in [0.25, 0.3) is 11.8 Å². The van der Waals surface area contributed by atoms with Gasteiger partial charge in [-0.1, -0.05) is 30.3 Å². The number of carbonyl (C=O) groups excluding carboxylic acids is 2. The number of carboxylic acids is 1. The maximum atomic E-state index is 13.1. The normalized spacial score (nSPS) is 15.6. The zero-order chi connectivity index (χ0) is 22.1. The smallest absolute Gasteiger partial charge is 0.335 e. The van der Waals surface area contributed by atoms with Crippen molar-refractivity contribution in [1.29, 1.82) is 0 Å². The summed E-state index contributed by atoms with van der Waals surface area (Å²) in [6.07, 6.45) is 1.36. The molecular weight excluding hydrogens is 416 g/mol. The molecule has 2 amide bonds. The van der Waals surface area contributed by atoms with Crippen LogP contribution in [0.25, 0.3) is 17.4 Å². The van der Waals surface area contributed by atoms with E-state index in [1.54, 1.807) is 48.5 Å². The number of amides is 2. The summed E-state index contributed by atoms with van der Waals surface area (Å²) in [7, 11) is 1.51. The number of thiocarbonyl (C=S) groups is 1. The van der Waals surface area contributed by atoms with E-state index in [9.17, 15) is 14.4 Å². The van der Waals surface area contributed by atoms with Crippen molar-refractivity contribution in [3.63, 3.8) is 0 Å². The number of para-hydroxylation sites is 1. The van der Waals surface area contributed by atoms with Crippen LogP contribution in [0.5, 0.6) is 0 Å². The fourth-order valence-electron chi connectivity index (χ4n) is 3.18. The number of nitrogens with zero attached hydrogens (tertiary/aromatic N) is 2. The Bertz CT molecular complexity index is 1250. The lowest BCUT2D eigenvalue weighted by Gasteiger charge is -2.34. The first kappa shape index (κ1) is 20.2. The van der Waals surface area contributed by atoms with Crippen molar-refractivity contribution in [2.24, 2.45) is 0 Å². The Morgan fingerprint density at radius 3 is 2.45 bits per heavy atom. The van der Waals surface area contributed by atoms with Crippen LogP contribution in [-0.2, 0) is 9.59 Å². The van der Waals surface area contributed by atoms with Crippen molar-refractivity contribution in [1.82, 2.24) is 4.90 Å². The number of carbonyl (C=O) groups is 3. The SMILES string of the molecule is CN1C(=O)C(=Cc2ccc(-c3cccc(C(=O)O)c3)o2)C(=O)N(c2ccccc2)C1=S. The van der Waals surface area contributed by atoms with Crippen molar-refractivity contribution < 1.29 is 23.9 Å². The van der Waals surface area contributed by atoms with Crippen molar-refractivity contribution in [2.45, 2.75) is 0 Å². The minimum atomic E-state index is -1.05. The molecule has 0 bridgehead atoms. The molecular formula is C23H16N2O5S. The number of anilines is 1. The van der Waals surface area contributed by atoms with Crippen LogP contribution >= 0.6 is 12.2 Å². The van der Waals surface area contributed by atoms with Gasteiger partial charge in [-0.2, -0.15) is 0 Å². The molecule has 31 heavy (non-hydrogen) atoms. The number of furan rings is 1. The predicted octanol–water partition coefficient (Wildman–Crippen LogP) is 3.82. The highest BCUT2D eigenvalue weighted by Gasteiger charge is 2.38. The molecule has 0 spiro atoms. The molecule has 0 radical (unpaired) electrons. The molecule has 7 nitrogen and oxygen atoms in total. The summed E-state index contributed by atoms with van der Waals surface area (Å²) in [5.41, 5.74) is 1.14. The van der Waals surface area contributed by atoms with Crippen LogP contribution in [0, 0.1) is 0 Å². The summed E-state index contributed by atoms with van der Waals surface area (Å²) < 4.78 is 5.76. The average Bonchev–Trinajstić information content (AvgIpc) is 3.25. The van der Waals surface area contributed by atoms with Crippen molar-refractivity contribution >= 4 is 46.9 Å². The molecule has 1 aromatic heterocycles. The molecule has 0 saturated carbocycles. The first-order valence-electron chi connectivity index (χ1n) is 9.23. The Labute approximate surface area is 182 Å². The molecule has 1 saturated heterocycles. The first-order valence-corrected chi connectivity index (χ1v) is 9.64. The summed E-state index contributed by atoms with van der Waals surface area (Å²) in [6, 6.07) is 18.4. The van der Waals surface area contributed by atoms with Crippen LogP contribution in [-0.4, -0.2) is 40.0 Å². The molecule has 2 heterocycles. The molecule has 1 aliphatic heterocycles. The van der Waals surface area contributed by atoms with E-state index in [2.05, 4.69) is 0 Å². The molecule has 4 rings (SSSR count). The van der Waals surface area contributed by atoms with Gasteiger partial charge in [0, 0.05) is 12.6 Å². The lowest BCUT2D eigenvalue weighted by molar-refractivity contribution is -0.127. The van der Waals surface area contributed by atoms with Gasteiger partial charge >= 0.3 is 5.97 Å². The topological polar surface area (TPSA) is 91.1 Å². The molecule has 154 valence electrons. The van der Waals surface area contributed by atoms with E-state index in [1.807, 2.05) is 6.07 Å². The third-order valence-electron chi connectivity index (χ3n) is 4.77. The Hall–Kier alpha value is -4.04. The van der Waals surface area contributed by atoms with E-state index in [4.69, 9.17) is 21.7 Å². The maximum absolute atomic E-state index is 13.1. The summed E-state index contributed by atoms with van der Waals surface area (Å²) in [5.74, 6) is -1.44. The van der Waals surface area contributed by atoms with Crippen molar-refractivity contribution in [3.05, 3.63) is 83.6 Å². The summed E-state index contributed by atoms with van der Waals surface area (Å²) in [4.78, 5) is 39.6. The van der Waals surface area contributed by atoms with Gasteiger partial charge in [-0.05, 0) is 54.7 Å². The van der Waals surface area contributed by atoms with E-state index < -0.39 is 17.8 Å². The van der Waals surface area contributed by atoms with Crippen LogP contribution in [0.2, 0.25) is 0 Å². The highest BCUT2D eigenvalue weighted by Crippen LogP contribution is 2.28. The highest BCUT2D eigenvalue weighted by atomic mass is 32.1. The molecule has 0 unspecified atom stereocenters. The van der Waals surface area contributed by atoms with Crippen LogP contribution in [0.15, 0.2) is 76.7 Å². The number of hydrogen-bond acceptors (Lipinski definition) is 5. The molecule has 0 atom stereocenters. The minimum absolute atomic E-state index is 0.0870. The number of rotatable bonds is 4. The van der Waals surface area contributed by atoms with Crippen LogP contribution in [0.3, 0.4) is 0 Å². The summed E-state index contributed by atoms with van der Waals surface area (Å²) in [5, 5.41) is 9.25. The van der Waals surface area contributed by atoms with E-state index >= 15 is 0 Å². The number of likely N-dealkylation sites (N-methyl/N-ethyl adjacent to an activating group) is 1. The lowest BCUT2D eigenvalue weighted by Crippen LogP contribution is -2.54. The number of aromatic carboxylic acids is 1. The van der Waals surface area contributed by atoms with Crippen LogP contribution in [0.1, 0.15) is 16.1 Å². The largest absolute Gasteiger partial charge is 0.478 e. The number of hydrogen-bond donors (Lipinski definition) is 1. The van der Waals surface area contributed by atoms with Gasteiger partial charge in [0.2, 0.25) is 0 Å². The molecule has 8 heteroatoms. The van der Waals surface area contributed by atoms with Gasteiger partial charge in [-0.15, -0.1) is 0 Å². The second kappa shape index (κ2) is 8.00. The van der Waals surface area contributed by atoms with E-state index in [0.29, 0.717) is 17.0 Å². The van der Waals surface area contributed by atoms with Gasteiger partial charge in [-0.25, -0.2) is 4.79 Å². The zero-order valence-electron chi connectivity index (χ0n) is 16.3. The van der Waals surface area contributed by atoms with Gasteiger partial charge in [-0.3, -0.25) is 19.4 Å². The third-order valence-corrected chi connectivity index (χ3v) is 5.23. The monoisotopic (exact) mass is 432 g/mol. The maximum Gasteiger partial charge on any atom is 0.335 e. The van der Waals surface area contributed by atoms with Gasteiger partial charge in [0.1, 0.15) is 17.1 Å². The fraction of sp³-hybridized carbons (Fsp3) is 0.0435. The number of benzene rings is 2.